The molecule has 0 aromatic carbocycles. The van der Waals surface area contributed by atoms with E-state index in [0.29, 0.717) is 31.1 Å². The maximum Gasteiger partial charge on any atom is 0.274 e. The monoisotopic (exact) mass is 331 g/mol. The van der Waals surface area contributed by atoms with Crippen LogP contribution in [0, 0.1) is 5.41 Å². The lowest BCUT2D eigenvalue weighted by molar-refractivity contribution is 0.0136. The molecule has 2 aromatic heterocycles. The molecule has 1 N–H and O–H groups in total. The van der Waals surface area contributed by atoms with Crippen molar-refractivity contribution in [2.24, 2.45) is 5.41 Å². The number of imidazole rings is 1. The molecule has 1 atom stereocenters. The average molecular weight is 331 g/mol. The number of nitrogens with zero attached hydrogens (tertiary/aromatic N) is 5. The first kappa shape index (κ1) is 16.9. The minimum Gasteiger partial charge on any atom is -0.391 e. The second-order valence-electron chi connectivity index (χ2n) is 7.43. The smallest absolute Gasteiger partial charge is 0.274 e. The van der Waals surface area contributed by atoms with Crippen LogP contribution in [0.25, 0.3) is 5.78 Å². The van der Waals surface area contributed by atoms with Crippen LogP contribution in [-0.2, 0) is 0 Å². The van der Waals surface area contributed by atoms with Crippen molar-refractivity contribution in [3.8, 4) is 0 Å². The Labute approximate surface area is 141 Å². The summed E-state index contributed by atoms with van der Waals surface area (Å²) in [6, 6.07) is 1.81. The number of rotatable bonds is 3. The Bertz CT molecular complexity index is 680. The van der Waals surface area contributed by atoms with E-state index in [4.69, 9.17) is 0 Å². The zero-order valence-electron chi connectivity index (χ0n) is 14.5. The number of β-amino-alcohol motifs (C(OH)–C–C–N with tert-alkyl or cyclic N) is 1. The molecule has 0 saturated carbocycles. The number of amides is 1. The van der Waals surface area contributed by atoms with Gasteiger partial charge in [-0.25, -0.2) is 9.97 Å². The Morgan fingerprint density at radius 3 is 2.62 bits per heavy atom. The predicted octanol–water partition coefficient (Wildman–Crippen LogP) is 0.894. The molecule has 1 amide bonds. The summed E-state index contributed by atoms with van der Waals surface area (Å²) < 4.78 is 1.75. The Hall–Kier alpha value is -1.99. The van der Waals surface area contributed by atoms with E-state index < -0.39 is 0 Å². The minimum atomic E-state index is -0.371. The molecule has 0 radical (unpaired) electrons. The lowest BCUT2D eigenvalue weighted by Gasteiger charge is -2.37. The van der Waals surface area contributed by atoms with E-state index in [9.17, 15) is 9.90 Å². The molecule has 3 rings (SSSR count). The summed E-state index contributed by atoms with van der Waals surface area (Å²) in [7, 11) is 0. The van der Waals surface area contributed by atoms with E-state index in [1.165, 1.54) is 0 Å². The quantitative estimate of drug-likeness (QED) is 0.904. The summed E-state index contributed by atoms with van der Waals surface area (Å²) in [5.74, 6) is 0.476. The summed E-state index contributed by atoms with van der Waals surface area (Å²) in [5.41, 5.74) is 0.299. The molecule has 2 aromatic rings. The zero-order chi connectivity index (χ0) is 17.3. The van der Waals surface area contributed by atoms with Gasteiger partial charge in [0.25, 0.3) is 5.91 Å². The molecule has 1 fully saturated rings. The largest absolute Gasteiger partial charge is 0.391 e. The molecule has 1 aliphatic heterocycles. The second kappa shape index (κ2) is 6.49. The lowest BCUT2D eigenvalue weighted by Crippen LogP contribution is -2.51. The van der Waals surface area contributed by atoms with Gasteiger partial charge in [0.05, 0.1) is 6.10 Å². The van der Waals surface area contributed by atoms with Gasteiger partial charge in [-0.3, -0.25) is 14.1 Å². The number of hydrogen-bond donors (Lipinski definition) is 1. The van der Waals surface area contributed by atoms with Crippen LogP contribution in [0.2, 0.25) is 0 Å². The Morgan fingerprint density at radius 2 is 2.00 bits per heavy atom. The van der Waals surface area contributed by atoms with E-state index >= 15 is 0 Å². The average Bonchev–Trinajstić information content (AvgIpc) is 2.98. The lowest BCUT2D eigenvalue weighted by atomic mass is 9.89. The maximum absolute atomic E-state index is 12.6. The number of fused-ring (bicyclic) bond motifs is 1. The van der Waals surface area contributed by atoms with Gasteiger partial charge in [0.2, 0.25) is 5.78 Å². The van der Waals surface area contributed by atoms with E-state index in [-0.39, 0.29) is 17.4 Å². The molecule has 24 heavy (non-hydrogen) atoms. The number of aromatic nitrogens is 3. The van der Waals surface area contributed by atoms with Crippen LogP contribution in [0.4, 0.5) is 0 Å². The van der Waals surface area contributed by atoms with Crippen molar-refractivity contribution in [3.05, 3.63) is 30.4 Å². The SMILES string of the molecule is CC(C)(C)C(O)CN1CCN(C(=O)c2cn3cccnc3n2)CC1. The highest BCUT2D eigenvalue weighted by molar-refractivity contribution is 5.92. The van der Waals surface area contributed by atoms with Crippen LogP contribution in [0.1, 0.15) is 31.3 Å². The molecule has 1 saturated heterocycles. The third-order valence-corrected chi connectivity index (χ3v) is 4.54. The van der Waals surface area contributed by atoms with Crippen molar-refractivity contribution >= 4 is 11.7 Å². The highest BCUT2D eigenvalue weighted by Crippen LogP contribution is 2.20. The van der Waals surface area contributed by atoms with Gasteiger partial charge in [-0.2, -0.15) is 0 Å². The fraction of sp³-hybridized carbons (Fsp3) is 0.588. The van der Waals surface area contributed by atoms with Gasteiger partial charge in [0, 0.05) is 51.3 Å². The standard InChI is InChI=1S/C17H25N5O2/c1-17(2,3)14(23)12-20-7-9-21(10-8-20)15(24)13-11-22-6-4-5-18-16(22)19-13/h4-6,11,14,23H,7-10,12H2,1-3H3. The number of piperazine rings is 1. The van der Waals surface area contributed by atoms with Gasteiger partial charge in [-0.05, 0) is 11.5 Å². The van der Waals surface area contributed by atoms with Crippen molar-refractivity contribution < 1.29 is 9.90 Å². The topological polar surface area (TPSA) is 74.0 Å². The van der Waals surface area contributed by atoms with Gasteiger partial charge >= 0.3 is 0 Å². The Morgan fingerprint density at radius 1 is 1.29 bits per heavy atom. The molecule has 0 spiro atoms. The van der Waals surface area contributed by atoms with Crippen LogP contribution >= 0.6 is 0 Å². The number of aliphatic hydroxyl groups excluding tert-OH is 1. The molecule has 130 valence electrons. The predicted molar refractivity (Wildman–Crippen MR) is 90.8 cm³/mol. The van der Waals surface area contributed by atoms with Crippen molar-refractivity contribution in [1.29, 1.82) is 0 Å². The summed E-state index contributed by atoms with van der Waals surface area (Å²) >= 11 is 0. The molecular formula is C17H25N5O2. The number of hydrogen-bond acceptors (Lipinski definition) is 5. The highest BCUT2D eigenvalue weighted by Gasteiger charge is 2.28. The van der Waals surface area contributed by atoms with E-state index in [2.05, 4.69) is 14.9 Å². The van der Waals surface area contributed by atoms with Crippen molar-refractivity contribution in [3.63, 3.8) is 0 Å². The van der Waals surface area contributed by atoms with Gasteiger partial charge in [0.1, 0.15) is 5.69 Å². The third-order valence-electron chi connectivity index (χ3n) is 4.54. The second-order valence-corrected chi connectivity index (χ2v) is 7.43. The van der Waals surface area contributed by atoms with Crippen LogP contribution in [0.15, 0.2) is 24.7 Å². The Balaban J connectivity index is 1.59. The number of aliphatic hydroxyl groups is 1. The van der Waals surface area contributed by atoms with Crippen molar-refractivity contribution in [2.45, 2.75) is 26.9 Å². The van der Waals surface area contributed by atoms with Crippen LogP contribution in [0.3, 0.4) is 0 Å². The van der Waals surface area contributed by atoms with E-state index in [1.807, 2.05) is 37.9 Å². The molecule has 0 aliphatic carbocycles. The van der Waals surface area contributed by atoms with Gasteiger partial charge < -0.3 is 10.0 Å². The molecular weight excluding hydrogens is 306 g/mol. The third kappa shape index (κ3) is 3.57. The number of carbonyl (C=O) groups is 1. The van der Waals surface area contributed by atoms with Gasteiger partial charge in [-0.15, -0.1) is 0 Å². The first-order valence-electron chi connectivity index (χ1n) is 8.34. The summed E-state index contributed by atoms with van der Waals surface area (Å²) in [6.45, 7) is 9.59. The molecule has 7 heteroatoms. The van der Waals surface area contributed by atoms with Crippen molar-refractivity contribution in [2.75, 3.05) is 32.7 Å². The zero-order valence-corrected chi connectivity index (χ0v) is 14.5. The summed E-state index contributed by atoms with van der Waals surface area (Å²) in [5, 5.41) is 10.2. The van der Waals surface area contributed by atoms with Gasteiger partial charge in [-0.1, -0.05) is 20.8 Å². The molecule has 1 aliphatic rings. The fourth-order valence-electron chi connectivity index (χ4n) is 2.75. The molecule has 1 unspecified atom stereocenters. The first-order chi connectivity index (χ1) is 11.3. The first-order valence-corrected chi connectivity index (χ1v) is 8.34. The highest BCUT2D eigenvalue weighted by atomic mass is 16.3. The van der Waals surface area contributed by atoms with E-state index in [0.717, 1.165) is 13.1 Å². The summed E-state index contributed by atoms with van der Waals surface area (Å²) in [6.07, 6.45) is 4.85. The van der Waals surface area contributed by atoms with E-state index in [1.54, 1.807) is 16.8 Å². The fourth-order valence-corrected chi connectivity index (χ4v) is 2.75. The maximum atomic E-state index is 12.6. The summed E-state index contributed by atoms with van der Waals surface area (Å²) in [4.78, 5) is 25.1. The molecule has 7 nitrogen and oxygen atoms in total. The molecule has 3 heterocycles. The van der Waals surface area contributed by atoms with Gasteiger partial charge in [0.15, 0.2) is 0 Å². The normalized spacial score (nSPS) is 18.1. The van der Waals surface area contributed by atoms with Crippen LogP contribution < -0.4 is 0 Å². The Kier molecular flexibility index (Phi) is 4.56. The van der Waals surface area contributed by atoms with Crippen LogP contribution in [0.5, 0.6) is 0 Å². The minimum absolute atomic E-state index is 0.0588. The number of carbonyl (C=O) groups excluding carboxylic acids is 1. The molecule has 0 bridgehead atoms. The van der Waals surface area contributed by atoms with Crippen molar-refractivity contribution in [1.82, 2.24) is 24.2 Å². The van der Waals surface area contributed by atoms with Crippen LogP contribution in [-0.4, -0.2) is 74.0 Å².